The third-order valence-corrected chi connectivity index (χ3v) is 4.36. The molecule has 1 aromatic heterocycles. The van der Waals surface area contributed by atoms with Crippen molar-refractivity contribution in [3.8, 4) is 11.1 Å². The van der Waals surface area contributed by atoms with Crippen LogP contribution in [0.15, 0.2) is 77.4 Å². The molecule has 3 rings (SSSR count). The Morgan fingerprint density at radius 3 is 2.11 bits per heavy atom. The fraction of sp³-hybridized carbons (Fsp3) is 0.182. The summed E-state index contributed by atoms with van der Waals surface area (Å²) in [6.07, 6.45) is 1.42. The van der Waals surface area contributed by atoms with Gasteiger partial charge >= 0.3 is 0 Å². The first kappa shape index (κ1) is 18.5. The van der Waals surface area contributed by atoms with E-state index in [1.807, 2.05) is 49.4 Å². The number of rotatable bonds is 6. The minimum atomic E-state index is -0.673. The van der Waals surface area contributed by atoms with E-state index in [0.717, 1.165) is 16.7 Å². The highest BCUT2D eigenvalue weighted by molar-refractivity contribution is 5.95. The molecule has 2 aromatic carbocycles. The van der Waals surface area contributed by atoms with Crippen LogP contribution in [0.1, 0.15) is 36.0 Å². The van der Waals surface area contributed by atoms with Crippen molar-refractivity contribution in [2.45, 2.75) is 25.9 Å². The van der Waals surface area contributed by atoms with Crippen molar-refractivity contribution in [3.63, 3.8) is 0 Å². The average molecular weight is 362 g/mol. The molecule has 138 valence electrons. The van der Waals surface area contributed by atoms with Crippen LogP contribution in [-0.4, -0.2) is 17.9 Å². The Morgan fingerprint density at radius 2 is 1.48 bits per heavy atom. The Balaban J connectivity index is 1.58. The first-order chi connectivity index (χ1) is 13.0. The van der Waals surface area contributed by atoms with E-state index in [4.69, 9.17) is 4.42 Å². The molecule has 0 aliphatic rings. The second kappa shape index (κ2) is 8.36. The van der Waals surface area contributed by atoms with Gasteiger partial charge in [0, 0.05) is 0 Å². The molecular formula is C22H22N2O3. The fourth-order valence-electron chi connectivity index (χ4n) is 2.76. The van der Waals surface area contributed by atoms with E-state index in [0.29, 0.717) is 0 Å². The topological polar surface area (TPSA) is 71.3 Å². The molecule has 27 heavy (non-hydrogen) atoms. The lowest BCUT2D eigenvalue weighted by molar-refractivity contribution is -0.123. The molecule has 0 radical (unpaired) electrons. The first-order valence-electron chi connectivity index (χ1n) is 8.84. The van der Waals surface area contributed by atoms with Crippen molar-refractivity contribution in [2.75, 3.05) is 0 Å². The summed E-state index contributed by atoms with van der Waals surface area (Å²) >= 11 is 0. The fourth-order valence-corrected chi connectivity index (χ4v) is 2.76. The Kier molecular flexibility index (Phi) is 5.71. The lowest BCUT2D eigenvalue weighted by Gasteiger charge is -2.19. The second-order valence-electron chi connectivity index (χ2n) is 6.39. The lowest BCUT2D eigenvalue weighted by atomic mass is 10.0. The van der Waals surface area contributed by atoms with Crippen LogP contribution in [0.2, 0.25) is 0 Å². The zero-order chi connectivity index (χ0) is 19.2. The summed E-state index contributed by atoms with van der Waals surface area (Å²) in [4.78, 5) is 24.3. The van der Waals surface area contributed by atoms with Crippen LogP contribution >= 0.6 is 0 Å². The summed E-state index contributed by atoms with van der Waals surface area (Å²) in [5.74, 6) is -0.490. The van der Waals surface area contributed by atoms with Crippen LogP contribution in [0.25, 0.3) is 11.1 Å². The predicted molar refractivity (Wildman–Crippen MR) is 104 cm³/mol. The molecule has 0 spiro atoms. The monoisotopic (exact) mass is 362 g/mol. The molecule has 0 unspecified atom stereocenters. The van der Waals surface area contributed by atoms with E-state index in [1.54, 1.807) is 19.1 Å². The summed E-state index contributed by atoms with van der Waals surface area (Å²) in [7, 11) is 0. The largest absolute Gasteiger partial charge is 0.459 e. The Hall–Kier alpha value is -3.34. The molecule has 2 atom stereocenters. The lowest BCUT2D eigenvalue weighted by Crippen LogP contribution is -2.45. The Morgan fingerprint density at radius 1 is 0.815 bits per heavy atom. The van der Waals surface area contributed by atoms with Gasteiger partial charge in [-0.3, -0.25) is 9.59 Å². The maximum Gasteiger partial charge on any atom is 0.287 e. The van der Waals surface area contributed by atoms with Crippen molar-refractivity contribution < 1.29 is 14.0 Å². The van der Waals surface area contributed by atoms with Gasteiger partial charge in [-0.1, -0.05) is 54.6 Å². The maximum atomic E-state index is 12.4. The molecule has 5 heteroatoms. The van der Waals surface area contributed by atoms with E-state index in [1.165, 1.54) is 6.26 Å². The van der Waals surface area contributed by atoms with E-state index in [2.05, 4.69) is 22.8 Å². The molecule has 0 aliphatic heterocycles. The molecule has 2 N–H and O–H groups in total. The number of hydrogen-bond donors (Lipinski definition) is 2. The molecule has 0 bridgehead atoms. The summed E-state index contributed by atoms with van der Waals surface area (Å²) < 4.78 is 5.03. The molecule has 2 amide bonds. The molecule has 0 fully saturated rings. The molecule has 3 aromatic rings. The third-order valence-electron chi connectivity index (χ3n) is 4.36. The Labute approximate surface area is 158 Å². The maximum absolute atomic E-state index is 12.4. The standard InChI is InChI=1S/C22H22N2O3/c1-15(17-10-12-19(13-11-17)18-7-4-3-5-8-18)23-21(25)16(2)24-22(26)20-9-6-14-27-20/h3-16H,1-2H3,(H,23,25)(H,24,26)/t15-,16+/m1/s1. The van der Waals surface area contributed by atoms with E-state index in [-0.39, 0.29) is 17.7 Å². The number of nitrogens with one attached hydrogen (secondary N) is 2. The van der Waals surface area contributed by atoms with Gasteiger partial charge in [0.1, 0.15) is 6.04 Å². The van der Waals surface area contributed by atoms with Crippen LogP contribution in [-0.2, 0) is 4.79 Å². The number of furan rings is 1. The highest BCUT2D eigenvalue weighted by Gasteiger charge is 2.20. The summed E-state index contributed by atoms with van der Waals surface area (Å²) in [6.45, 7) is 3.55. The molecular weight excluding hydrogens is 340 g/mol. The van der Waals surface area contributed by atoms with E-state index >= 15 is 0 Å². The molecule has 0 saturated carbocycles. The summed E-state index contributed by atoms with van der Waals surface area (Å²) in [5, 5.41) is 5.55. The van der Waals surface area contributed by atoms with Gasteiger partial charge in [-0.05, 0) is 42.7 Å². The highest BCUT2D eigenvalue weighted by atomic mass is 16.3. The van der Waals surface area contributed by atoms with Gasteiger partial charge in [-0.15, -0.1) is 0 Å². The van der Waals surface area contributed by atoms with Gasteiger partial charge in [-0.25, -0.2) is 0 Å². The SMILES string of the molecule is C[C@H](NC(=O)c1ccco1)C(=O)N[C@H](C)c1ccc(-c2ccccc2)cc1. The normalized spacial score (nSPS) is 12.8. The van der Waals surface area contributed by atoms with Crippen molar-refractivity contribution in [3.05, 3.63) is 84.3 Å². The van der Waals surface area contributed by atoms with Crippen LogP contribution in [0, 0.1) is 0 Å². The molecule has 5 nitrogen and oxygen atoms in total. The van der Waals surface area contributed by atoms with Gasteiger partial charge in [0.25, 0.3) is 5.91 Å². The first-order valence-corrected chi connectivity index (χ1v) is 8.84. The number of amides is 2. The highest BCUT2D eigenvalue weighted by Crippen LogP contribution is 2.21. The zero-order valence-corrected chi connectivity index (χ0v) is 15.3. The van der Waals surface area contributed by atoms with Crippen LogP contribution < -0.4 is 10.6 Å². The predicted octanol–water partition coefficient (Wildman–Crippen LogP) is 3.94. The molecule has 0 aliphatic carbocycles. The van der Waals surface area contributed by atoms with Gasteiger partial charge < -0.3 is 15.1 Å². The molecule has 0 saturated heterocycles. The number of carbonyl (C=O) groups excluding carboxylic acids is 2. The quantitative estimate of drug-likeness (QED) is 0.698. The number of hydrogen-bond acceptors (Lipinski definition) is 3. The Bertz CT molecular complexity index is 887. The van der Waals surface area contributed by atoms with Crippen molar-refractivity contribution >= 4 is 11.8 Å². The molecule has 1 heterocycles. The second-order valence-corrected chi connectivity index (χ2v) is 6.39. The minimum Gasteiger partial charge on any atom is -0.459 e. The average Bonchev–Trinajstić information content (AvgIpc) is 3.23. The smallest absolute Gasteiger partial charge is 0.287 e. The van der Waals surface area contributed by atoms with E-state index < -0.39 is 11.9 Å². The number of carbonyl (C=O) groups is 2. The van der Waals surface area contributed by atoms with E-state index in [9.17, 15) is 9.59 Å². The van der Waals surface area contributed by atoms with Gasteiger partial charge in [-0.2, -0.15) is 0 Å². The van der Waals surface area contributed by atoms with Crippen molar-refractivity contribution in [2.24, 2.45) is 0 Å². The minimum absolute atomic E-state index is 0.176. The van der Waals surface area contributed by atoms with Crippen molar-refractivity contribution in [1.29, 1.82) is 0 Å². The van der Waals surface area contributed by atoms with Crippen LogP contribution in [0.3, 0.4) is 0 Å². The third kappa shape index (κ3) is 4.64. The summed E-state index contributed by atoms with van der Waals surface area (Å²) in [5.41, 5.74) is 3.26. The number of benzene rings is 2. The van der Waals surface area contributed by atoms with Crippen LogP contribution in [0.5, 0.6) is 0 Å². The van der Waals surface area contributed by atoms with Gasteiger partial charge in [0.2, 0.25) is 5.91 Å². The van der Waals surface area contributed by atoms with Gasteiger partial charge in [0.15, 0.2) is 5.76 Å². The van der Waals surface area contributed by atoms with Gasteiger partial charge in [0.05, 0.1) is 12.3 Å². The zero-order valence-electron chi connectivity index (χ0n) is 15.3. The van der Waals surface area contributed by atoms with Crippen molar-refractivity contribution in [1.82, 2.24) is 10.6 Å². The summed E-state index contributed by atoms with van der Waals surface area (Å²) in [6, 6.07) is 20.5. The van der Waals surface area contributed by atoms with Crippen LogP contribution in [0.4, 0.5) is 0 Å².